The number of aromatic nitrogens is 2. The summed E-state index contributed by atoms with van der Waals surface area (Å²) in [5.41, 5.74) is 1.76. The van der Waals surface area contributed by atoms with Crippen LogP contribution in [0.2, 0.25) is 0 Å². The number of carbonyl (C=O) groups excluding carboxylic acids is 1. The Bertz CT molecular complexity index is 782. The minimum absolute atomic E-state index is 0. The SMILES string of the molecule is CCN(CC#CCF)CCNC(=O)c1cnc2cc([125I])ccc2n1.Cl.Cl. The van der Waals surface area contributed by atoms with Gasteiger partial charge in [0, 0.05) is 16.7 Å². The molecule has 1 aromatic carbocycles. The van der Waals surface area contributed by atoms with Gasteiger partial charge in [0.15, 0.2) is 0 Å². The van der Waals surface area contributed by atoms with Gasteiger partial charge in [-0.25, -0.2) is 9.37 Å². The number of halogens is 4. The summed E-state index contributed by atoms with van der Waals surface area (Å²) < 4.78 is 13.0. The summed E-state index contributed by atoms with van der Waals surface area (Å²) in [6, 6.07) is 5.70. The molecule has 1 amide bonds. The number of alkyl halides is 1. The van der Waals surface area contributed by atoms with Gasteiger partial charge in [0.1, 0.15) is 12.4 Å². The van der Waals surface area contributed by atoms with Crippen molar-refractivity contribution in [3.05, 3.63) is 33.7 Å². The van der Waals surface area contributed by atoms with Crippen LogP contribution in [0.25, 0.3) is 11.0 Å². The molecule has 0 atom stereocenters. The van der Waals surface area contributed by atoms with Crippen molar-refractivity contribution in [2.24, 2.45) is 0 Å². The molecule has 0 aliphatic carbocycles. The predicted molar refractivity (Wildman–Crippen MR) is 115 cm³/mol. The third-order valence-corrected chi connectivity index (χ3v) is 4.06. The van der Waals surface area contributed by atoms with Gasteiger partial charge >= 0.3 is 0 Å². The Morgan fingerprint density at radius 2 is 2.08 bits per heavy atom. The maximum Gasteiger partial charge on any atom is 0.271 e. The van der Waals surface area contributed by atoms with Crippen LogP contribution in [0.1, 0.15) is 17.4 Å². The number of likely N-dealkylation sites (N-methyl/N-ethyl adjacent to an activating group) is 1. The van der Waals surface area contributed by atoms with Crippen molar-refractivity contribution in [1.82, 2.24) is 20.2 Å². The molecule has 0 aliphatic rings. The number of hydrogen-bond donors (Lipinski definition) is 1. The van der Waals surface area contributed by atoms with E-state index in [0.29, 0.717) is 30.8 Å². The summed E-state index contributed by atoms with van der Waals surface area (Å²) in [5.74, 6) is 4.88. The molecule has 0 unspecified atom stereocenters. The first-order valence-corrected chi connectivity index (χ1v) is 8.66. The Morgan fingerprint density at radius 3 is 2.77 bits per heavy atom. The molecule has 0 saturated carbocycles. The Morgan fingerprint density at radius 1 is 1.31 bits per heavy atom. The zero-order valence-corrected chi connectivity index (χ0v) is 18.0. The monoisotopic (exact) mass is 510 g/mol. The molecule has 5 nitrogen and oxygen atoms in total. The maximum absolute atomic E-state index is 12.2. The first-order chi connectivity index (χ1) is 11.6. The minimum Gasteiger partial charge on any atom is -0.349 e. The number of benzene rings is 1. The zero-order chi connectivity index (χ0) is 17.4. The molecule has 1 N–H and O–H groups in total. The molecule has 9 heteroatoms. The summed E-state index contributed by atoms with van der Waals surface area (Å²) in [6.45, 7) is 3.75. The Labute approximate surface area is 178 Å². The Kier molecular flexibility index (Phi) is 12.4. The fourth-order valence-electron chi connectivity index (χ4n) is 2.08. The van der Waals surface area contributed by atoms with Crippen molar-refractivity contribution >= 4 is 64.3 Å². The molecule has 0 saturated heterocycles. The van der Waals surface area contributed by atoms with Crippen LogP contribution in [0.15, 0.2) is 24.4 Å². The molecular weight excluding hydrogens is 491 g/mol. The molecule has 1 heterocycles. The number of nitrogens with zero attached hydrogens (tertiary/aromatic N) is 3. The summed E-state index contributed by atoms with van der Waals surface area (Å²) in [5, 5.41) is 2.82. The van der Waals surface area contributed by atoms with Crippen molar-refractivity contribution in [3.8, 4) is 11.8 Å². The molecule has 142 valence electrons. The molecule has 0 radical (unpaired) electrons. The molecule has 2 aromatic rings. The maximum atomic E-state index is 12.2. The van der Waals surface area contributed by atoms with Gasteiger partial charge in [0.25, 0.3) is 5.91 Å². The van der Waals surface area contributed by atoms with Crippen LogP contribution in [0.4, 0.5) is 4.39 Å². The lowest BCUT2D eigenvalue weighted by molar-refractivity contribution is 0.0944. The largest absolute Gasteiger partial charge is 0.349 e. The molecule has 0 bridgehead atoms. The van der Waals surface area contributed by atoms with E-state index in [1.54, 1.807) is 0 Å². The first kappa shape index (κ1) is 24.8. The van der Waals surface area contributed by atoms with Crippen molar-refractivity contribution < 1.29 is 9.18 Å². The van der Waals surface area contributed by atoms with Gasteiger partial charge in [-0.15, -0.1) is 24.8 Å². The van der Waals surface area contributed by atoms with Crippen LogP contribution < -0.4 is 5.32 Å². The van der Waals surface area contributed by atoms with E-state index in [0.717, 1.165) is 15.6 Å². The lowest BCUT2D eigenvalue weighted by atomic mass is 10.3. The normalized spacial score (nSPS) is 9.69. The number of amides is 1. The van der Waals surface area contributed by atoms with Crippen LogP contribution in [-0.4, -0.2) is 53.6 Å². The van der Waals surface area contributed by atoms with E-state index in [9.17, 15) is 9.18 Å². The molecular formula is C17H20Cl2FIN4O. The Hall–Kier alpha value is -1.21. The zero-order valence-electron chi connectivity index (χ0n) is 14.2. The van der Waals surface area contributed by atoms with Gasteiger partial charge in [-0.05, 0) is 47.3 Å². The standard InChI is InChI=1S/C17H18FIN4O.2ClH/c1-2-23(9-4-3-7-18)10-8-20-17(24)16-12-21-15-11-13(19)5-6-14(15)22-16;;/h5-6,11-12H,2,7-10H2,1H3,(H,20,24);2*1H/i19-2;;. The van der Waals surface area contributed by atoms with Crippen LogP contribution in [0, 0.1) is 15.4 Å². The summed E-state index contributed by atoms with van der Waals surface area (Å²) in [4.78, 5) is 22.8. The smallest absolute Gasteiger partial charge is 0.271 e. The molecule has 2 rings (SSSR count). The quantitative estimate of drug-likeness (QED) is 0.479. The molecule has 0 aliphatic heterocycles. The second kappa shape index (κ2) is 13.0. The summed E-state index contributed by atoms with van der Waals surface area (Å²) >= 11 is 2.21. The van der Waals surface area contributed by atoms with Gasteiger partial charge in [0.2, 0.25) is 0 Å². The highest BCUT2D eigenvalue weighted by molar-refractivity contribution is 14.1. The van der Waals surface area contributed by atoms with E-state index >= 15 is 0 Å². The van der Waals surface area contributed by atoms with Gasteiger partial charge in [-0.3, -0.25) is 14.7 Å². The third-order valence-electron chi connectivity index (χ3n) is 3.39. The second-order valence-electron chi connectivity index (χ2n) is 5.00. The Balaban J connectivity index is 0.00000312. The van der Waals surface area contributed by atoms with E-state index in [1.807, 2.05) is 30.0 Å². The van der Waals surface area contributed by atoms with E-state index in [4.69, 9.17) is 0 Å². The van der Waals surface area contributed by atoms with Crippen molar-refractivity contribution in [3.63, 3.8) is 0 Å². The number of carbonyl (C=O) groups is 1. The molecule has 1 aromatic heterocycles. The van der Waals surface area contributed by atoms with Crippen LogP contribution in [0.5, 0.6) is 0 Å². The van der Waals surface area contributed by atoms with Gasteiger partial charge in [-0.2, -0.15) is 0 Å². The van der Waals surface area contributed by atoms with Gasteiger partial charge in [-0.1, -0.05) is 18.8 Å². The number of rotatable bonds is 6. The van der Waals surface area contributed by atoms with Crippen LogP contribution in [-0.2, 0) is 0 Å². The fraction of sp³-hybridized carbons (Fsp3) is 0.353. The van der Waals surface area contributed by atoms with E-state index in [2.05, 4.69) is 49.7 Å². The highest BCUT2D eigenvalue weighted by Gasteiger charge is 2.09. The van der Waals surface area contributed by atoms with E-state index in [1.165, 1.54) is 6.20 Å². The first-order valence-electron chi connectivity index (χ1n) is 7.58. The number of fused-ring (bicyclic) bond motifs is 1. The topological polar surface area (TPSA) is 58.1 Å². The average Bonchev–Trinajstić information content (AvgIpc) is 2.59. The highest BCUT2D eigenvalue weighted by Crippen LogP contribution is 2.13. The van der Waals surface area contributed by atoms with Gasteiger partial charge < -0.3 is 5.32 Å². The van der Waals surface area contributed by atoms with Crippen molar-refractivity contribution in [2.75, 3.05) is 32.9 Å². The number of hydrogen-bond acceptors (Lipinski definition) is 4. The van der Waals surface area contributed by atoms with Crippen LogP contribution in [0.3, 0.4) is 0 Å². The minimum atomic E-state index is -0.631. The molecule has 0 fully saturated rings. The van der Waals surface area contributed by atoms with Crippen LogP contribution >= 0.6 is 47.4 Å². The van der Waals surface area contributed by atoms with Crippen molar-refractivity contribution in [2.45, 2.75) is 6.92 Å². The predicted octanol–water partition coefficient (Wildman–Crippen LogP) is 3.10. The third kappa shape index (κ3) is 7.58. The second-order valence-corrected chi connectivity index (χ2v) is 6.25. The lowest BCUT2D eigenvalue weighted by Crippen LogP contribution is -2.35. The van der Waals surface area contributed by atoms with Gasteiger partial charge in [0.05, 0.1) is 23.8 Å². The molecule has 0 spiro atoms. The lowest BCUT2D eigenvalue weighted by Gasteiger charge is -2.17. The number of nitrogens with one attached hydrogen (secondary N) is 1. The van der Waals surface area contributed by atoms with E-state index in [-0.39, 0.29) is 30.7 Å². The fourth-order valence-corrected chi connectivity index (χ4v) is 2.55. The average molecular weight is 511 g/mol. The summed E-state index contributed by atoms with van der Waals surface area (Å²) in [7, 11) is 0. The summed E-state index contributed by atoms with van der Waals surface area (Å²) in [6.07, 6.45) is 1.48. The highest BCUT2D eigenvalue weighted by atomic mass is 125. The van der Waals surface area contributed by atoms with Crippen molar-refractivity contribution in [1.29, 1.82) is 0 Å². The molecule has 26 heavy (non-hydrogen) atoms. The van der Waals surface area contributed by atoms with E-state index < -0.39 is 6.67 Å².